The Labute approximate surface area is 131 Å². The van der Waals surface area contributed by atoms with Gasteiger partial charge in [0.15, 0.2) is 0 Å². The van der Waals surface area contributed by atoms with E-state index in [1.807, 2.05) is 49.4 Å². The van der Waals surface area contributed by atoms with Gasteiger partial charge < -0.3 is 4.74 Å². The lowest BCUT2D eigenvalue weighted by molar-refractivity contribution is -0.0561. The standard InChI is InChI=1S/C17H19NO3S/c1-14-8-10-16(11-9-14)22(19,20)18-12-5-13-21-17(18)15-6-3-2-4-7-15/h2-4,6-11,17H,5,12-13H2,1H3. The Bertz CT molecular complexity index is 726. The quantitative estimate of drug-likeness (QED) is 0.874. The van der Waals surface area contributed by atoms with Crippen LogP contribution in [0.15, 0.2) is 59.5 Å². The maximum Gasteiger partial charge on any atom is 0.245 e. The molecule has 0 aliphatic carbocycles. The van der Waals surface area contributed by atoms with Crippen LogP contribution in [0.3, 0.4) is 0 Å². The van der Waals surface area contributed by atoms with Crippen molar-refractivity contribution in [1.82, 2.24) is 4.31 Å². The van der Waals surface area contributed by atoms with Gasteiger partial charge in [-0.25, -0.2) is 8.42 Å². The van der Waals surface area contributed by atoms with Crippen molar-refractivity contribution >= 4 is 10.0 Å². The molecule has 0 saturated carbocycles. The van der Waals surface area contributed by atoms with Gasteiger partial charge in [-0.05, 0) is 31.0 Å². The molecule has 1 atom stereocenters. The van der Waals surface area contributed by atoms with Gasteiger partial charge in [-0.3, -0.25) is 0 Å². The van der Waals surface area contributed by atoms with E-state index in [1.165, 1.54) is 4.31 Å². The van der Waals surface area contributed by atoms with Crippen LogP contribution in [0.2, 0.25) is 0 Å². The van der Waals surface area contributed by atoms with Gasteiger partial charge in [-0.1, -0.05) is 48.0 Å². The van der Waals surface area contributed by atoms with Crippen LogP contribution in [-0.2, 0) is 14.8 Å². The molecule has 2 aromatic rings. The molecule has 1 aliphatic rings. The fourth-order valence-electron chi connectivity index (χ4n) is 2.59. The summed E-state index contributed by atoms with van der Waals surface area (Å²) in [5.74, 6) is 0. The van der Waals surface area contributed by atoms with Crippen LogP contribution in [0.25, 0.3) is 0 Å². The first-order valence-electron chi connectivity index (χ1n) is 7.34. The second-order valence-corrected chi connectivity index (χ2v) is 7.31. The van der Waals surface area contributed by atoms with Crippen molar-refractivity contribution in [1.29, 1.82) is 0 Å². The molecule has 3 rings (SSSR count). The number of benzene rings is 2. The lowest BCUT2D eigenvalue weighted by atomic mass is 10.2. The molecule has 0 N–H and O–H groups in total. The first-order valence-corrected chi connectivity index (χ1v) is 8.78. The molecular formula is C17H19NO3S. The molecule has 0 aromatic heterocycles. The van der Waals surface area contributed by atoms with E-state index < -0.39 is 16.3 Å². The highest BCUT2D eigenvalue weighted by Crippen LogP contribution is 2.31. The van der Waals surface area contributed by atoms with E-state index in [-0.39, 0.29) is 0 Å². The summed E-state index contributed by atoms with van der Waals surface area (Å²) in [4.78, 5) is 0.310. The zero-order chi connectivity index (χ0) is 15.6. The van der Waals surface area contributed by atoms with Crippen LogP contribution >= 0.6 is 0 Å². The highest BCUT2D eigenvalue weighted by molar-refractivity contribution is 7.89. The topological polar surface area (TPSA) is 46.6 Å². The molecule has 1 saturated heterocycles. The van der Waals surface area contributed by atoms with Crippen LogP contribution in [0.5, 0.6) is 0 Å². The molecule has 5 heteroatoms. The van der Waals surface area contributed by atoms with Gasteiger partial charge in [0.2, 0.25) is 10.0 Å². The van der Waals surface area contributed by atoms with Gasteiger partial charge in [0.05, 0.1) is 11.5 Å². The average Bonchev–Trinajstić information content (AvgIpc) is 2.56. The number of hydrogen-bond donors (Lipinski definition) is 0. The number of sulfonamides is 1. The average molecular weight is 317 g/mol. The molecule has 0 spiro atoms. The molecule has 0 amide bonds. The number of nitrogens with zero attached hydrogens (tertiary/aromatic N) is 1. The molecule has 1 heterocycles. The smallest absolute Gasteiger partial charge is 0.245 e. The highest BCUT2D eigenvalue weighted by Gasteiger charge is 2.35. The zero-order valence-electron chi connectivity index (χ0n) is 12.5. The number of ether oxygens (including phenoxy) is 1. The molecule has 1 fully saturated rings. The number of rotatable bonds is 3. The number of hydrogen-bond acceptors (Lipinski definition) is 3. The first-order chi connectivity index (χ1) is 10.6. The molecule has 0 radical (unpaired) electrons. The Morgan fingerprint density at radius 3 is 2.41 bits per heavy atom. The second-order valence-electron chi connectivity index (χ2n) is 5.42. The van der Waals surface area contributed by atoms with E-state index in [0.717, 1.165) is 11.1 Å². The minimum absolute atomic E-state index is 0.310. The lowest BCUT2D eigenvalue weighted by Crippen LogP contribution is -2.40. The monoisotopic (exact) mass is 317 g/mol. The van der Waals surface area contributed by atoms with Crippen molar-refractivity contribution in [2.45, 2.75) is 24.5 Å². The normalized spacial score (nSPS) is 20.0. The Balaban J connectivity index is 1.98. The molecule has 1 unspecified atom stereocenters. The largest absolute Gasteiger partial charge is 0.358 e. The van der Waals surface area contributed by atoms with E-state index >= 15 is 0 Å². The molecule has 0 bridgehead atoms. The summed E-state index contributed by atoms with van der Waals surface area (Å²) in [5, 5.41) is 0. The van der Waals surface area contributed by atoms with Gasteiger partial charge in [0, 0.05) is 6.54 Å². The molecule has 1 aliphatic heterocycles. The summed E-state index contributed by atoms with van der Waals surface area (Å²) in [6.07, 6.45) is 0.148. The van der Waals surface area contributed by atoms with E-state index in [4.69, 9.17) is 4.74 Å². The summed E-state index contributed by atoms with van der Waals surface area (Å²) in [5.41, 5.74) is 1.89. The van der Waals surface area contributed by atoms with Crippen LogP contribution < -0.4 is 0 Å². The van der Waals surface area contributed by atoms with Crippen molar-refractivity contribution in [3.8, 4) is 0 Å². The van der Waals surface area contributed by atoms with Crippen molar-refractivity contribution in [2.75, 3.05) is 13.2 Å². The van der Waals surface area contributed by atoms with E-state index in [9.17, 15) is 8.42 Å². The predicted molar refractivity (Wildman–Crippen MR) is 84.8 cm³/mol. The maximum absolute atomic E-state index is 12.9. The third kappa shape index (κ3) is 2.92. The van der Waals surface area contributed by atoms with Crippen molar-refractivity contribution in [2.24, 2.45) is 0 Å². The van der Waals surface area contributed by atoms with E-state index in [2.05, 4.69) is 0 Å². The summed E-state index contributed by atoms with van der Waals surface area (Å²) in [6, 6.07) is 16.4. The lowest BCUT2D eigenvalue weighted by Gasteiger charge is -2.34. The Morgan fingerprint density at radius 1 is 1.05 bits per heavy atom. The predicted octanol–water partition coefficient (Wildman–Crippen LogP) is 3.10. The fourth-order valence-corrected chi connectivity index (χ4v) is 4.14. The summed E-state index contributed by atoms with van der Waals surface area (Å²) < 4.78 is 33.1. The fraction of sp³-hybridized carbons (Fsp3) is 0.294. The molecular weight excluding hydrogens is 298 g/mol. The van der Waals surface area contributed by atoms with Crippen molar-refractivity contribution < 1.29 is 13.2 Å². The molecule has 22 heavy (non-hydrogen) atoms. The zero-order valence-corrected chi connectivity index (χ0v) is 13.3. The molecule has 2 aromatic carbocycles. The maximum atomic E-state index is 12.9. The Morgan fingerprint density at radius 2 is 1.73 bits per heavy atom. The highest BCUT2D eigenvalue weighted by atomic mass is 32.2. The molecule has 4 nitrogen and oxygen atoms in total. The number of aryl methyl sites for hydroxylation is 1. The minimum Gasteiger partial charge on any atom is -0.358 e. The van der Waals surface area contributed by atoms with Crippen LogP contribution in [0.4, 0.5) is 0 Å². The van der Waals surface area contributed by atoms with E-state index in [0.29, 0.717) is 24.5 Å². The summed E-state index contributed by atoms with van der Waals surface area (Å²) in [7, 11) is -3.57. The van der Waals surface area contributed by atoms with Gasteiger partial charge in [-0.2, -0.15) is 4.31 Å². The minimum atomic E-state index is -3.57. The second kappa shape index (κ2) is 6.20. The SMILES string of the molecule is Cc1ccc(S(=O)(=O)N2CCCOC2c2ccccc2)cc1. The van der Waals surface area contributed by atoms with Gasteiger partial charge >= 0.3 is 0 Å². The van der Waals surface area contributed by atoms with Crippen molar-refractivity contribution in [3.05, 3.63) is 65.7 Å². The molecule has 116 valence electrons. The summed E-state index contributed by atoms with van der Waals surface area (Å²) >= 11 is 0. The third-order valence-corrected chi connectivity index (χ3v) is 5.63. The first kappa shape index (κ1) is 15.2. The van der Waals surface area contributed by atoms with Crippen LogP contribution in [0, 0.1) is 6.92 Å². The van der Waals surface area contributed by atoms with E-state index in [1.54, 1.807) is 12.1 Å². The Hall–Kier alpha value is -1.69. The van der Waals surface area contributed by atoms with Gasteiger partial charge in [-0.15, -0.1) is 0 Å². The van der Waals surface area contributed by atoms with Crippen LogP contribution in [-0.4, -0.2) is 25.9 Å². The third-order valence-electron chi connectivity index (χ3n) is 3.77. The van der Waals surface area contributed by atoms with Gasteiger partial charge in [0.25, 0.3) is 0 Å². The summed E-state index contributed by atoms with van der Waals surface area (Å²) in [6.45, 7) is 2.97. The Kier molecular flexibility index (Phi) is 4.29. The van der Waals surface area contributed by atoms with Gasteiger partial charge in [0.1, 0.15) is 6.23 Å². The van der Waals surface area contributed by atoms with Crippen LogP contribution in [0.1, 0.15) is 23.8 Å². The van der Waals surface area contributed by atoms with Crippen molar-refractivity contribution in [3.63, 3.8) is 0 Å².